The second kappa shape index (κ2) is 4.32. The molecule has 3 nitrogen and oxygen atoms in total. The van der Waals surface area contributed by atoms with Gasteiger partial charge in [0.25, 0.3) is 0 Å². The largest absolute Gasteiger partial charge is 0.276 e. The Morgan fingerprint density at radius 1 is 0.950 bits per heavy atom. The van der Waals surface area contributed by atoms with E-state index in [-0.39, 0.29) is 0 Å². The number of aromatic nitrogens is 3. The number of hydrogen-bond donors (Lipinski definition) is 0. The van der Waals surface area contributed by atoms with Crippen LogP contribution in [-0.4, -0.2) is 14.4 Å². The normalized spacial score (nSPS) is 11.2. The summed E-state index contributed by atoms with van der Waals surface area (Å²) in [4.78, 5) is 8.89. The summed E-state index contributed by atoms with van der Waals surface area (Å²) in [5.41, 5.74) is 4.07. The molecule has 0 bridgehead atoms. The second-order valence-corrected chi connectivity index (χ2v) is 5.01. The summed E-state index contributed by atoms with van der Waals surface area (Å²) in [5.74, 6) is 0.698. The maximum Gasteiger partial charge on any atom is 0.235 e. The van der Waals surface area contributed by atoms with E-state index in [4.69, 9.17) is 11.6 Å². The minimum absolute atomic E-state index is 0.698. The SMILES string of the molecule is Clc1cccc(-c2ccnc3nc4ccccc4n23)c1. The smallest absolute Gasteiger partial charge is 0.235 e. The Hall–Kier alpha value is -2.39. The zero-order chi connectivity index (χ0) is 13.5. The molecule has 0 aliphatic rings. The van der Waals surface area contributed by atoms with E-state index < -0.39 is 0 Å². The van der Waals surface area contributed by atoms with Crippen molar-refractivity contribution in [3.05, 3.63) is 65.8 Å². The number of benzene rings is 2. The molecule has 20 heavy (non-hydrogen) atoms. The summed E-state index contributed by atoms with van der Waals surface area (Å²) in [6.45, 7) is 0. The van der Waals surface area contributed by atoms with Gasteiger partial charge in [-0.15, -0.1) is 0 Å². The maximum absolute atomic E-state index is 6.10. The van der Waals surface area contributed by atoms with Crippen LogP contribution in [0.3, 0.4) is 0 Å². The van der Waals surface area contributed by atoms with Crippen LogP contribution in [0.5, 0.6) is 0 Å². The van der Waals surface area contributed by atoms with Gasteiger partial charge in [-0.3, -0.25) is 4.40 Å². The van der Waals surface area contributed by atoms with E-state index in [9.17, 15) is 0 Å². The van der Waals surface area contributed by atoms with E-state index >= 15 is 0 Å². The zero-order valence-electron chi connectivity index (χ0n) is 10.5. The number of imidazole rings is 1. The lowest BCUT2D eigenvalue weighted by molar-refractivity contribution is 1.14. The molecule has 0 spiro atoms. The monoisotopic (exact) mass is 279 g/mol. The molecule has 96 valence electrons. The molecular formula is C16H10ClN3. The molecule has 0 saturated carbocycles. The van der Waals surface area contributed by atoms with Crippen LogP contribution in [0.15, 0.2) is 60.8 Å². The topological polar surface area (TPSA) is 30.2 Å². The van der Waals surface area contributed by atoms with Crippen LogP contribution in [0.4, 0.5) is 0 Å². The first-order valence-electron chi connectivity index (χ1n) is 6.31. The van der Waals surface area contributed by atoms with Crippen LogP contribution in [0.1, 0.15) is 0 Å². The molecule has 0 fully saturated rings. The Balaban J connectivity index is 2.14. The first-order chi connectivity index (χ1) is 9.83. The molecule has 4 rings (SSSR count). The fraction of sp³-hybridized carbons (Fsp3) is 0. The lowest BCUT2D eigenvalue weighted by atomic mass is 10.1. The Bertz CT molecular complexity index is 927. The summed E-state index contributed by atoms with van der Waals surface area (Å²) in [5, 5.41) is 0.719. The fourth-order valence-electron chi connectivity index (χ4n) is 2.46. The van der Waals surface area contributed by atoms with E-state index in [0.717, 1.165) is 27.3 Å². The van der Waals surface area contributed by atoms with Crippen LogP contribution in [0.2, 0.25) is 5.02 Å². The van der Waals surface area contributed by atoms with Crippen LogP contribution in [0.25, 0.3) is 28.1 Å². The minimum Gasteiger partial charge on any atom is -0.276 e. The predicted octanol–water partition coefficient (Wildman–Crippen LogP) is 4.20. The number of fused-ring (bicyclic) bond motifs is 3. The third-order valence-electron chi connectivity index (χ3n) is 3.33. The number of hydrogen-bond acceptors (Lipinski definition) is 2. The third kappa shape index (κ3) is 1.67. The lowest BCUT2D eigenvalue weighted by Gasteiger charge is -2.06. The van der Waals surface area contributed by atoms with E-state index in [1.807, 2.05) is 54.6 Å². The van der Waals surface area contributed by atoms with Crippen LogP contribution >= 0.6 is 11.6 Å². The van der Waals surface area contributed by atoms with Gasteiger partial charge in [-0.25, -0.2) is 9.97 Å². The van der Waals surface area contributed by atoms with Gasteiger partial charge in [0.1, 0.15) is 0 Å². The van der Waals surface area contributed by atoms with Crippen LogP contribution in [-0.2, 0) is 0 Å². The minimum atomic E-state index is 0.698. The molecule has 0 saturated heterocycles. The highest BCUT2D eigenvalue weighted by molar-refractivity contribution is 6.30. The molecule has 4 heteroatoms. The van der Waals surface area contributed by atoms with E-state index in [2.05, 4.69) is 14.4 Å². The summed E-state index contributed by atoms with van der Waals surface area (Å²) in [7, 11) is 0. The van der Waals surface area contributed by atoms with Gasteiger partial charge in [0.05, 0.1) is 16.7 Å². The van der Waals surface area contributed by atoms with Crippen molar-refractivity contribution >= 4 is 28.4 Å². The van der Waals surface area contributed by atoms with Crippen molar-refractivity contribution in [3.8, 4) is 11.3 Å². The van der Waals surface area contributed by atoms with Gasteiger partial charge in [-0.1, -0.05) is 35.9 Å². The zero-order valence-corrected chi connectivity index (χ0v) is 11.2. The highest BCUT2D eigenvalue weighted by Gasteiger charge is 2.10. The quantitative estimate of drug-likeness (QED) is 0.523. The third-order valence-corrected chi connectivity index (χ3v) is 3.56. The fourth-order valence-corrected chi connectivity index (χ4v) is 2.65. The number of nitrogens with zero attached hydrogens (tertiary/aromatic N) is 3. The lowest BCUT2D eigenvalue weighted by Crippen LogP contribution is -1.93. The first-order valence-corrected chi connectivity index (χ1v) is 6.69. The van der Waals surface area contributed by atoms with Crippen molar-refractivity contribution in [1.29, 1.82) is 0 Å². The van der Waals surface area contributed by atoms with E-state index in [1.54, 1.807) is 6.20 Å². The summed E-state index contributed by atoms with van der Waals surface area (Å²) >= 11 is 6.10. The molecule has 0 atom stereocenters. The van der Waals surface area contributed by atoms with Crippen molar-refractivity contribution in [2.45, 2.75) is 0 Å². The standard InChI is InChI=1S/C16H10ClN3/c17-12-5-3-4-11(10-12)14-8-9-18-16-19-13-6-1-2-7-15(13)20(14)16/h1-10H. The second-order valence-electron chi connectivity index (χ2n) is 4.58. The summed E-state index contributed by atoms with van der Waals surface area (Å²) in [6.07, 6.45) is 1.78. The molecule has 0 unspecified atom stereocenters. The first kappa shape index (κ1) is 11.4. The van der Waals surface area contributed by atoms with Gasteiger partial charge in [-0.05, 0) is 30.3 Å². The van der Waals surface area contributed by atoms with E-state index in [1.165, 1.54) is 0 Å². The summed E-state index contributed by atoms with van der Waals surface area (Å²) < 4.78 is 2.06. The number of halogens is 1. The average Bonchev–Trinajstić information content (AvgIpc) is 2.85. The molecular weight excluding hydrogens is 270 g/mol. The molecule has 2 aromatic heterocycles. The Morgan fingerprint density at radius 2 is 1.85 bits per heavy atom. The van der Waals surface area contributed by atoms with E-state index in [0.29, 0.717) is 5.78 Å². The highest BCUT2D eigenvalue weighted by Crippen LogP contribution is 2.26. The van der Waals surface area contributed by atoms with Crippen LogP contribution < -0.4 is 0 Å². The van der Waals surface area contributed by atoms with Gasteiger partial charge in [0.2, 0.25) is 5.78 Å². The predicted molar refractivity (Wildman–Crippen MR) is 80.9 cm³/mol. The molecule has 2 aromatic carbocycles. The van der Waals surface area contributed by atoms with Crippen LogP contribution in [0, 0.1) is 0 Å². The van der Waals surface area contributed by atoms with Gasteiger partial charge >= 0.3 is 0 Å². The Labute approximate surface area is 120 Å². The molecule has 0 aliphatic heterocycles. The molecule has 4 aromatic rings. The van der Waals surface area contributed by atoms with Gasteiger partial charge in [0, 0.05) is 16.8 Å². The molecule has 2 heterocycles. The maximum atomic E-state index is 6.10. The van der Waals surface area contributed by atoms with Gasteiger partial charge in [0.15, 0.2) is 0 Å². The molecule has 0 radical (unpaired) electrons. The highest BCUT2D eigenvalue weighted by atomic mass is 35.5. The van der Waals surface area contributed by atoms with Crippen molar-refractivity contribution in [3.63, 3.8) is 0 Å². The number of para-hydroxylation sites is 2. The van der Waals surface area contributed by atoms with Gasteiger partial charge in [-0.2, -0.15) is 0 Å². The number of rotatable bonds is 1. The average molecular weight is 280 g/mol. The molecule has 0 N–H and O–H groups in total. The van der Waals surface area contributed by atoms with Crippen molar-refractivity contribution in [2.24, 2.45) is 0 Å². The van der Waals surface area contributed by atoms with Crippen molar-refractivity contribution in [2.75, 3.05) is 0 Å². The van der Waals surface area contributed by atoms with Crippen molar-refractivity contribution < 1.29 is 0 Å². The Morgan fingerprint density at radius 3 is 2.75 bits per heavy atom. The Kier molecular flexibility index (Phi) is 2.47. The molecule has 0 amide bonds. The van der Waals surface area contributed by atoms with Crippen molar-refractivity contribution in [1.82, 2.24) is 14.4 Å². The molecule has 0 aliphatic carbocycles. The summed E-state index contributed by atoms with van der Waals surface area (Å²) in [6, 6.07) is 17.8. The van der Waals surface area contributed by atoms with Gasteiger partial charge < -0.3 is 0 Å².